The minimum Gasteiger partial charge on any atom is -0.455 e. The molecule has 1 unspecified atom stereocenters. The molecule has 3 nitrogen and oxygen atoms in total. The molecule has 0 radical (unpaired) electrons. The lowest BCUT2D eigenvalue weighted by atomic mass is 9.70. The summed E-state index contributed by atoms with van der Waals surface area (Å²) in [5.41, 5.74) is 22.0. The van der Waals surface area contributed by atoms with E-state index >= 15 is 0 Å². The molecule has 0 saturated carbocycles. The maximum absolute atomic E-state index is 7.42. The molecule has 10 aromatic rings. The van der Waals surface area contributed by atoms with E-state index in [1.54, 1.807) is 0 Å². The number of aryl methyl sites for hydroxylation is 3. The molecular weight excluding hydrogens is 801 g/mol. The lowest BCUT2D eigenvalue weighted by molar-refractivity contribution is 0.669. The molecule has 1 spiro atoms. The van der Waals surface area contributed by atoms with Gasteiger partial charge in [0.2, 0.25) is 0 Å². The highest BCUT2D eigenvalue weighted by atomic mass is 16.3. The van der Waals surface area contributed by atoms with Gasteiger partial charge in [-0.25, -0.2) is 0 Å². The summed E-state index contributed by atoms with van der Waals surface area (Å²) in [5, 5.41) is 4.66. The Morgan fingerprint density at radius 2 is 0.985 bits per heavy atom. The molecule has 0 aliphatic heterocycles. The summed E-state index contributed by atoms with van der Waals surface area (Å²) in [6.07, 6.45) is 7.75. The summed E-state index contributed by atoms with van der Waals surface area (Å²) < 4.78 is 7.42. The molecule has 1 aromatic heterocycles. The minimum absolute atomic E-state index is 0.130. The number of rotatable bonds is 6. The maximum atomic E-state index is 7.42. The normalized spacial score (nSPS) is 15.2. The fourth-order valence-electron chi connectivity index (χ4n) is 12.0. The Kier molecular flexibility index (Phi) is 8.51. The Hall–Kier alpha value is -7.88. The fourth-order valence-corrected chi connectivity index (χ4v) is 12.0. The van der Waals surface area contributed by atoms with Crippen LogP contribution in [0.1, 0.15) is 52.3 Å². The van der Waals surface area contributed by atoms with Gasteiger partial charge in [-0.3, -0.25) is 0 Å². The first-order valence-corrected chi connectivity index (χ1v) is 23.3. The van der Waals surface area contributed by atoms with Crippen LogP contribution in [0.5, 0.6) is 0 Å². The third kappa shape index (κ3) is 5.26. The van der Waals surface area contributed by atoms with Gasteiger partial charge in [-0.05, 0) is 132 Å². The first-order valence-electron chi connectivity index (χ1n) is 23.3. The van der Waals surface area contributed by atoms with E-state index in [0.717, 1.165) is 45.4 Å². The van der Waals surface area contributed by atoms with E-state index in [2.05, 4.69) is 238 Å². The van der Waals surface area contributed by atoms with Crippen molar-refractivity contribution in [3.8, 4) is 22.3 Å². The SMILES string of the molecule is CC1=CC=CCC1N(c1ccccc1C)c1cc2c(c3ccccc13)-c1c(cc(N(c3ccccc3C)c3ccccc3C)c3c1oc1ccccc13)C21c2ccccc2-c2ccccc21. The second kappa shape index (κ2) is 14.6. The van der Waals surface area contributed by atoms with Crippen LogP contribution in [0.3, 0.4) is 0 Å². The monoisotopic (exact) mass is 848 g/mol. The maximum Gasteiger partial charge on any atom is 0.145 e. The lowest BCUT2D eigenvalue weighted by Gasteiger charge is -2.38. The van der Waals surface area contributed by atoms with Crippen LogP contribution < -0.4 is 9.80 Å². The predicted molar refractivity (Wildman–Crippen MR) is 276 cm³/mol. The van der Waals surface area contributed by atoms with E-state index < -0.39 is 5.41 Å². The first-order chi connectivity index (χ1) is 32.4. The molecule has 3 heteroatoms. The summed E-state index contributed by atoms with van der Waals surface area (Å²) in [6.45, 7) is 9.01. The van der Waals surface area contributed by atoms with E-state index in [1.165, 1.54) is 88.9 Å². The molecule has 0 fully saturated rings. The zero-order chi connectivity index (χ0) is 44.3. The van der Waals surface area contributed by atoms with Crippen molar-refractivity contribution >= 4 is 61.1 Å². The third-order valence-electron chi connectivity index (χ3n) is 14.9. The Bertz CT molecular complexity index is 3620. The highest BCUT2D eigenvalue weighted by Crippen LogP contribution is 2.67. The quantitative estimate of drug-likeness (QED) is 0.166. The smallest absolute Gasteiger partial charge is 0.145 e. The first kappa shape index (κ1) is 38.6. The molecule has 0 saturated heterocycles. The van der Waals surface area contributed by atoms with Gasteiger partial charge in [-0.1, -0.05) is 169 Å². The summed E-state index contributed by atoms with van der Waals surface area (Å²) >= 11 is 0. The number of nitrogens with zero attached hydrogens (tertiary/aromatic N) is 2. The number of hydrogen-bond acceptors (Lipinski definition) is 3. The van der Waals surface area contributed by atoms with Crippen LogP contribution >= 0.6 is 0 Å². The number of allylic oxidation sites excluding steroid dienone is 2. The highest BCUT2D eigenvalue weighted by Gasteiger charge is 2.54. The van der Waals surface area contributed by atoms with E-state index in [1.807, 2.05) is 0 Å². The molecule has 3 aliphatic rings. The standard InChI is InChI=1S/C63H48N2O/c1-39-21-5-16-32-52(39)64(53-33-17-6-22-40(53)2)56-37-50-59(46-28-10-9-27-45(46)56)61-51(63(50)48-30-14-11-25-43(48)44-26-12-15-31-49(44)63)38-57(60-47-29-13-20-36-58(47)66-62(60)61)65(54-34-18-7-23-41(54)3)55-35-19-8-24-42(55)4/h5-32,34-38,53H,33H2,1-4H3. The van der Waals surface area contributed by atoms with Crippen LogP contribution in [0.25, 0.3) is 55.0 Å². The Morgan fingerprint density at radius 1 is 0.470 bits per heavy atom. The van der Waals surface area contributed by atoms with Crippen LogP contribution in [0, 0.1) is 20.8 Å². The molecular formula is C63H48N2O. The molecule has 1 atom stereocenters. The fraction of sp³-hybridized carbons (Fsp3) is 0.111. The molecule has 13 rings (SSSR count). The Morgan fingerprint density at radius 3 is 1.62 bits per heavy atom. The number of hydrogen-bond donors (Lipinski definition) is 0. The number of furan rings is 1. The van der Waals surface area contributed by atoms with Gasteiger partial charge in [0.05, 0.1) is 22.5 Å². The zero-order valence-electron chi connectivity index (χ0n) is 37.6. The molecule has 316 valence electrons. The molecule has 0 N–H and O–H groups in total. The van der Waals surface area contributed by atoms with Gasteiger partial charge in [-0.2, -0.15) is 0 Å². The average Bonchev–Trinajstić information content (AvgIpc) is 3.98. The largest absolute Gasteiger partial charge is 0.455 e. The average molecular weight is 849 g/mol. The van der Waals surface area contributed by atoms with E-state index in [0.29, 0.717) is 0 Å². The summed E-state index contributed by atoms with van der Waals surface area (Å²) in [4.78, 5) is 5.16. The molecule has 0 amide bonds. The van der Waals surface area contributed by atoms with Gasteiger partial charge < -0.3 is 14.2 Å². The van der Waals surface area contributed by atoms with Crippen molar-refractivity contribution in [2.45, 2.75) is 45.6 Å². The van der Waals surface area contributed by atoms with Crippen molar-refractivity contribution in [2.75, 3.05) is 9.80 Å². The minimum atomic E-state index is -0.684. The molecule has 66 heavy (non-hydrogen) atoms. The van der Waals surface area contributed by atoms with Crippen LogP contribution in [-0.4, -0.2) is 6.04 Å². The molecule has 1 heterocycles. The van der Waals surface area contributed by atoms with E-state index in [-0.39, 0.29) is 6.04 Å². The van der Waals surface area contributed by atoms with Gasteiger partial charge in [0, 0.05) is 39.1 Å². The Balaban J connectivity index is 1.25. The van der Waals surface area contributed by atoms with Crippen molar-refractivity contribution in [1.29, 1.82) is 0 Å². The summed E-state index contributed by atoms with van der Waals surface area (Å²) in [6, 6.07) is 67.9. The van der Waals surface area contributed by atoms with Crippen molar-refractivity contribution in [3.63, 3.8) is 0 Å². The Labute approximate surface area is 386 Å². The van der Waals surface area contributed by atoms with Crippen LogP contribution in [-0.2, 0) is 5.41 Å². The van der Waals surface area contributed by atoms with Crippen molar-refractivity contribution in [2.24, 2.45) is 0 Å². The van der Waals surface area contributed by atoms with Crippen LogP contribution in [0.2, 0.25) is 0 Å². The van der Waals surface area contributed by atoms with Gasteiger partial charge in [0.1, 0.15) is 11.2 Å². The van der Waals surface area contributed by atoms with Gasteiger partial charge >= 0.3 is 0 Å². The number of fused-ring (bicyclic) bond motifs is 16. The second-order valence-corrected chi connectivity index (χ2v) is 18.5. The lowest BCUT2D eigenvalue weighted by Crippen LogP contribution is -2.34. The zero-order valence-corrected chi connectivity index (χ0v) is 37.6. The topological polar surface area (TPSA) is 19.6 Å². The van der Waals surface area contributed by atoms with Gasteiger partial charge in [-0.15, -0.1) is 0 Å². The number of anilines is 5. The number of benzene rings is 9. The number of para-hydroxylation sites is 4. The predicted octanol–water partition coefficient (Wildman–Crippen LogP) is 16.9. The third-order valence-corrected chi connectivity index (χ3v) is 14.9. The van der Waals surface area contributed by atoms with Crippen LogP contribution in [0.15, 0.2) is 210 Å². The van der Waals surface area contributed by atoms with Crippen LogP contribution in [0.4, 0.5) is 28.4 Å². The van der Waals surface area contributed by atoms with E-state index in [4.69, 9.17) is 4.42 Å². The molecule has 9 aromatic carbocycles. The summed E-state index contributed by atoms with van der Waals surface area (Å²) in [5.74, 6) is 0. The van der Waals surface area contributed by atoms with E-state index in [9.17, 15) is 0 Å². The van der Waals surface area contributed by atoms with Gasteiger partial charge in [0.15, 0.2) is 0 Å². The summed E-state index contributed by atoms with van der Waals surface area (Å²) in [7, 11) is 0. The molecule has 3 aliphatic carbocycles. The van der Waals surface area contributed by atoms with Crippen molar-refractivity contribution in [3.05, 3.63) is 245 Å². The van der Waals surface area contributed by atoms with Gasteiger partial charge in [0.25, 0.3) is 0 Å². The highest BCUT2D eigenvalue weighted by molar-refractivity contribution is 6.23. The van der Waals surface area contributed by atoms with Crippen molar-refractivity contribution in [1.82, 2.24) is 0 Å². The van der Waals surface area contributed by atoms with Crippen molar-refractivity contribution < 1.29 is 4.42 Å². The molecule has 0 bridgehead atoms. The second-order valence-electron chi connectivity index (χ2n) is 18.5.